The summed E-state index contributed by atoms with van der Waals surface area (Å²) >= 11 is 4.24. The molecule has 0 saturated carbocycles. The number of nitrogens with one attached hydrogen (secondary N) is 1. The van der Waals surface area contributed by atoms with Crippen molar-refractivity contribution in [2.45, 2.75) is 50.5 Å². The Bertz CT molecular complexity index is 787. The summed E-state index contributed by atoms with van der Waals surface area (Å²) in [5.74, 6) is 0.313. The molecule has 0 aromatic carbocycles. The maximum atomic E-state index is 12.6. The van der Waals surface area contributed by atoms with Crippen molar-refractivity contribution in [1.82, 2.24) is 10.2 Å². The highest BCUT2D eigenvalue weighted by Crippen LogP contribution is 2.40. The summed E-state index contributed by atoms with van der Waals surface area (Å²) < 4.78 is 6.17. The molecule has 6 nitrogen and oxygen atoms in total. The van der Waals surface area contributed by atoms with Gasteiger partial charge in [0.25, 0.3) is 0 Å². The smallest absolute Gasteiger partial charge is 0.341 e. The standard InChI is InChI=1S/C17H21N3O3S3/c1-9(2)23-16(22)14-11-5-4-10(3)6-12(11)26-15(14)19-13(21)7-24-17-20-18-8-25-17/h8-10H,4-7H2,1-3H3,(H,19,21)/t10-/m1/s1. The fraction of sp³-hybridized carbons (Fsp3) is 0.529. The number of aromatic nitrogens is 2. The molecule has 1 atom stereocenters. The largest absolute Gasteiger partial charge is 0.459 e. The van der Waals surface area contributed by atoms with Crippen LogP contribution in [0.4, 0.5) is 5.00 Å². The Morgan fingerprint density at radius 1 is 1.46 bits per heavy atom. The number of carbonyl (C=O) groups excluding carboxylic acids is 2. The van der Waals surface area contributed by atoms with Crippen molar-refractivity contribution in [1.29, 1.82) is 0 Å². The molecule has 9 heteroatoms. The highest BCUT2D eigenvalue weighted by atomic mass is 32.2. The Labute approximate surface area is 164 Å². The Morgan fingerprint density at radius 2 is 2.27 bits per heavy atom. The minimum atomic E-state index is -0.348. The molecular weight excluding hydrogens is 390 g/mol. The van der Waals surface area contributed by atoms with Crippen LogP contribution in [0.5, 0.6) is 0 Å². The summed E-state index contributed by atoms with van der Waals surface area (Å²) in [5, 5.41) is 11.2. The Hall–Kier alpha value is -1.45. The van der Waals surface area contributed by atoms with Gasteiger partial charge in [-0.2, -0.15) is 0 Å². The molecule has 2 heterocycles. The second kappa shape index (κ2) is 8.49. The van der Waals surface area contributed by atoms with Gasteiger partial charge < -0.3 is 10.1 Å². The van der Waals surface area contributed by atoms with E-state index >= 15 is 0 Å². The monoisotopic (exact) mass is 411 g/mol. The fourth-order valence-electron chi connectivity index (χ4n) is 2.84. The molecule has 0 radical (unpaired) electrons. The molecule has 0 aliphatic heterocycles. The van der Waals surface area contributed by atoms with E-state index in [9.17, 15) is 9.59 Å². The van der Waals surface area contributed by atoms with Gasteiger partial charge in [0.2, 0.25) is 5.91 Å². The molecule has 0 fully saturated rings. The third-order valence-electron chi connectivity index (χ3n) is 3.98. The lowest BCUT2D eigenvalue weighted by Gasteiger charge is -2.18. The van der Waals surface area contributed by atoms with E-state index in [0.717, 1.165) is 29.2 Å². The van der Waals surface area contributed by atoms with Crippen LogP contribution >= 0.6 is 34.4 Å². The summed E-state index contributed by atoms with van der Waals surface area (Å²) in [5.41, 5.74) is 3.22. The first kappa shape index (κ1) is 19.3. The van der Waals surface area contributed by atoms with Gasteiger partial charge in [-0.1, -0.05) is 30.0 Å². The molecule has 2 aromatic rings. The van der Waals surface area contributed by atoms with Crippen molar-refractivity contribution in [3.63, 3.8) is 0 Å². The van der Waals surface area contributed by atoms with Crippen LogP contribution in [-0.2, 0) is 22.4 Å². The maximum Gasteiger partial charge on any atom is 0.341 e. The number of hydrogen-bond donors (Lipinski definition) is 1. The molecule has 0 saturated heterocycles. The van der Waals surface area contributed by atoms with E-state index in [1.54, 1.807) is 5.51 Å². The molecule has 1 amide bonds. The topological polar surface area (TPSA) is 81.2 Å². The van der Waals surface area contributed by atoms with Gasteiger partial charge in [0, 0.05) is 4.88 Å². The van der Waals surface area contributed by atoms with E-state index in [-0.39, 0.29) is 23.7 Å². The highest BCUT2D eigenvalue weighted by molar-refractivity contribution is 8.01. The van der Waals surface area contributed by atoms with Gasteiger partial charge >= 0.3 is 5.97 Å². The summed E-state index contributed by atoms with van der Waals surface area (Å²) in [6, 6.07) is 0. The summed E-state index contributed by atoms with van der Waals surface area (Å²) in [7, 11) is 0. The molecule has 0 spiro atoms. The van der Waals surface area contributed by atoms with Gasteiger partial charge in [-0.3, -0.25) is 4.79 Å². The van der Waals surface area contributed by atoms with Gasteiger partial charge in [0.1, 0.15) is 10.5 Å². The Morgan fingerprint density at radius 3 is 2.96 bits per heavy atom. The van der Waals surface area contributed by atoms with Gasteiger partial charge in [-0.15, -0.1) is 21.5 Å². The molecule has 3 rings (SSSR count). The van der Waals surface area contributed by atoms with Crippen molar-refractivity contribution in [2.24, 2.45) is 5.92 Å². The number of thiophene rings is 1. The molecule has 140 valence electrons. The van der Waals surface area contributed by atoms with Crippen LogP contribution in [0.2, 0.25) is 0 Å². The van der Waals surface area contributed by atoms with Gasteiger partial charge in [0.15, 0.2) is 4.34 Å². The van der Waals surface area contributed by atoms with Crippen molar-refractivity contribution in [2.75, 3.05) is 11.1 Å². The molecular formula is C17H21N3O3S3. The average Bonchev–Trinajstić information content (AvgIpc) is 3.18. The summed E-state index contributed by atoms with van der Waals surface area (Å²) in [6.07, 6.45) is 2.64. The van der Waals surface area contributed by atoms with Crippen LogP contribution in [0.15, 0.2) is 9.85 Å². The number of nitrogens with zero attached hydrogens (tertiary/aromatic N) is 2. The zero-order valence-electron chi connectivity index (χ0n) is 14.9. The zero-order valence-corrected chi connectivity index (χ0v) is 17.4. The zero-order chi connectivity index (χ0) is 18.7. The molecule has 26 heavy (non-hydrogen) atoms. The Balaban J connectivity index is 1.78. The average molecular weight is 412 g/mol. The number of amides is 1. The maximum absolute atomic E-state index is 12.6. The van der Waals surface area contributed by atoms with Crippen LogP contribution in [0, 0.1) is 5.92 Å². The first-order chi connectivity index (χ1) is 12.4. The highest BCUT2D eigenvalue weighted by Gasteiger charge is 2.29. The van der Waals surface area contributed by atoms with Crippen molar-refractivity contribution in [3.05, 3.63) is 21.5 Å². The van der Waals surface area contributed by atoms with Gasteiger partial charge in [-0.05, 0) is 44.6 Å². The van der Waals surface area contributed by atoms with Crippen molar-refractivity contribution < 1.29 is 14.3 Å². The lowest BCUT2D eigenvalue weighted by atomic mass is 9.88. The number of carbonyl (C=O) groups is 2. The van der Waals surface area contributed by atoms with E-state index in [2.05, 4.69) is 22.4 Å². The Kier molecular flexibility index (Phi) is 6.31. The lowest BCUT2D eigenvalue weighted by molar-refractivity contribution is -0.113. The van der Waals surface area contributed by atoms with E-state index in [1.165, 1.54) is 39.3 Å². The first-order valence-electron chi connectivity index (χ1n) is 8.48. The molecule has 0 unspecified atom stereocenters. The van der Waals surface area contributed by atoms with Crippen LogP contribution in [-0.4, -0.2) is 33.9 Å². The van der Waals surface area contributed by atoms with Crippen LogP contribution in [0.1, 0.15) is 48.0 Å². The number of rotatable bonds is 6. The predicted molar refractivity (Wildman–Crippen MR) is 105 cm³/mol. The lowest BCUT2D eigenvalue weighted by Crippen LogP contribution is -2.19. The number of anilines is 1. The number of esters is 1. The van der Waals surface area contributed by atoms with Crippen LogP contribution in [0.25, 0.3) is 0 Å². The molecule has 1 aliphatic carbocycles. The quantitative estimate of drug-likeness (QED) is 0.571. The predicted octanol–water partition coefficient (Wildman–Crippen LogP) is 4.02. The van der Waals surface area contributed by atoms with Crippen molar-refractivity contribution in [3.8, 4) is 0 Å². The third kappa shape index (κ3) is 4.63. The molecule has 2 aromatic heterocycles. The van der Waals surface area contributed by atoms with E-state index in [4.69, 9.17) is 4.74 Å². The van der Waals surface area contributed by atoms with Gasteiger partial charge in [-0.25, -0.2) is 4.79 Å². The van der Waals surface area contributed by atoms with E-state index < -0.39 is 0 Å². The minimum Gasteiger partial charge on any atom is -0.459 e. The van der Waals surface area contributed by atoms with Gasteiger partial charge in [0.05, 0.1) is 17.4 Å². The number of ether oxygens (including phenoxy) is 1. The number of thioether (sulfide) groups is 1. The summed E-state index contributed by atoms with van der Waals surface area (Å²) in [6.45, 7) is 5.87. The molecule has 1 N–H and O–H groups in total. The minimum absolute atomic E-state index is 0.157. The number of hydrogen-bond acceptors (Lipinski definition) is 8. The van der Waals surface area contributed by atoms with Crippen LogP contribution < -0.4 is 5.32 Å². The second-order valence-corrected chi connectivity index (χ2v) is 9.71. The molecule has 0 bridgehead atoms. The van der Waals surface area contributed by atoms with Crippen molar-refractivity contribution >= 4 is 51.3 Å². The number of fused-ring (bicyclic) bond motifs is 1. The van der Waals surface area contributed by atoms with Crippen LogP contribution in [0.3, 0.4) is 0 Å². The second-order valence-electron chi connectivity index (χ2n) is 6.55. The van der Waals surface area contributed by atoms with E-state index in [1.807, 2.05) is 13.8 Å². The normalized spacial score (nSPS) is 16.4. The SMILES string of the molecule is CC(C)OC(=O)c1c(NC(=O)CSc2nncs2)sc2c1CC[C@@H](C)C2. The first-order valence-corrected chi connectivity index (χ1v) is 11.2. The summed E-state index contributed by atoms with van der Waals surface area (Å²) in [4.78, 5) is 26.2. The fourth-order valence-corrected chi connectivity index (χ4v) is 5.55. The third-order valence-corrected chi connectivity index (χ3v) is 7.01. The van der Waals surface area contributed by atoms with E-state index in [0.29, 0.717) is 16.5 Å². The molecule has 1 aliphatic rings.